The number of carbonyl (C=O) groups is 1. The molecule has 1 aliphatic heterocycles. The van der Waals surface area contributed by atoms with Crippen LogP contribution in [0.2, 0.25) is 0 Å². The number of amides is 1. The molecule has 1 amide bonds. The van der Waals surface area contributed by atoms with Crippen molar-refractivity contribution < 1.29 is 9.90 Å². The quantitative estimate of drug-likeness (QED) is 0.887. The van der Waals surface area contributed by atoms with Gasteiger partial charge in [0.05, 0.1) is 5.60 Å². The summed E-state index contributed by atoms with van der Waals surface area (Å²) < 4.78 is 0. The van der Waals surface area contributed by atoms with Crippen LogP contribution in [0, 0.1) is 0 Å². The molecule has 1 aromatic rings. The molecule has 1 aromatic carbocycles. The van der Waals surface area contributed by atoms with Crippen LogP contribution in [0.1, 0.15) is 43.1 Å². The molecule has 0 saturated heterocycles. The van der Waals surface area contributed by atoms with Gasteiger partial charge in [-0.1, -0.05) is 0 Å². The van der Waals surface area contributed by atoms with Crippen LogP contribution >= 0.6 is 0 Å². The van der Waals surface area contributed by atoms with Crippen LogP contribution in [0.4, 0.5) is 5.69 Å². The van der Waals surface area contributed by atoms with Gasteiger partial charge in [0, 0.05) is 30.9 Å². The Hall–Kier alpha value is -1.55. The van der Waals surface area contributed by atoms with E-state index in [4.69, 9.17) is 0 Å². The first kappa shape index (κ1) is 14.9. The molecular weight excluding hydrogens is 252 g/mol. The summed E-state index contributed by atoms with van der Waals surface area (Å²) in [6, 6.07) is 5.84. The lowest BCUT2D eigenvalue weighted by molar-refractivity contribution is 0.0314. The number of nitrogens with zero attached hydrogens (tertiary/aromatic N) is 1. The van der Waals surface area contributed by atoms with Crippen LogP contribution in [0.15, 0.2) is 18.2 Å². The summed E-state index contributed by atoms with van der Waals surface area (Å²) in [7, 11) is 0. The van der Waals surface area contributed by atoms with E-state index in [1.165, 1.54) is 5.56 Å². The van der Waals surface area contributed by atoms with Gasteiger partial charge in [-0.25, -0.2) is 0 Å². The number of aliphatic hydroxyl groups is 1. The number of carbonyl (C=O) groups excluding carboxylic acids is 1. The van der Waals surface area contributed by atoms with Gasteiger partial charge in [-0.05, 0) is 57.4 Å². The van der Waals surface area contributed by atoms with Crippen molar-refractivity contribution in [2.24, 2.45) is 0 Å². The highest BCUT2D eigenvalue weighted by atomic mass is 16.3. The maximum absolute atomic E-state index is 12.5. The van der Waals surface area contributed by atoms with Gasteiger partial charge in [-0.2, -0.15) is 0 Å². The summed E-state index contributed by atoms with van der Waals surface area (Å²) in [4.78, 5) is 14.2. The van der Waals surface area contributed by atoms with Crippen LogP contribution < -0.4 is 5.32 Å². The van der Waals surface area contributed by atoms with Crippen molar-refractivity contribution in [3.05, 3.63) is 29.3 Å². The van der Waals surface area contributed by atoms with Gasteiger partial charge in [0.15, 0.2) is 0 Å². The molecule has 110 valence electrons. The van der Waals surface area contributed by atoms with E-state index >= 15 is 0 Å². The average Bonchev–Trinajstić information content (AvgIpc) is 2.42. The summed E-state index contributed by atoms with van der Waals surface area (Å²) in [6.45, 7) is 7.32. The SMILES string of the molecule is CCN(CC(C)(C)O)C(=O)c1ccc2c(c1)CCCN2. The van der Waals surface area contributed by atoms with Gasteiger partial charge in [-0.3, -0.25) is 4.79 Å². The number of fused-ring (bicyclic) bond motifs is 1. The monoisotopic (exact) mass is 276 g/mol. The highest BCUT2D eigenvalue weighted by Gasteiger charge is 2.23. The number of hydrogen-bond acceptors (Lipinski definition) is 3. The summed E-state index contributed by atoms with van der Waals surface area (Å²) in [5.74, 6) is -0.0111. The third kappa shape index (κ3) is 3.51. The number of nitrogens with one attached hydrogen (secondary N) is 1. The normalized spacial score (nSPS) is 14.4. The molecular formula is C16H24N2O2. The van der Waals surface area contributed by atoms with Crippen molar-refractivity contribution in [3.63, 3.8) is 0 Å². The Kier molecular flexibility index (Phi) is 4.33. The van der Waals surface area contributed by atoms with Gasteiger partial charge >= 0.3 is 0 Å². The highest BCUT2D eigenvalue weighted by Crippen LogP contribution is 2.23. The maximum atomic E-state index is 12.5. The molecule has 0 aromatic heterocycles. The van der Waals surface area contributed by atoms with E-state index in [0.29, 0.717) is 18.7 Å². The fraction of sp³-hybridized carbons (Fsp3) is 0.562. The second-order valence-electron chi connectivity index (χ2n) is 6.03. The minimum absolute atomic E-state index is 0.0111. The van der Waals surface area contributed by atoms with Gasteiger partial charge in [-0.15, -0.1) is 0 Å². The standard InChI is InChI=1S/C16H24N2O2/c1-4-18(11-16(2,3)20)15(19)13-7-8-14-12(10-13)6-5-9-17-14/h7-8,10,17,20H,4-6,9,11H2,1-3H3. The van der Waals surface area contributed by atoms with E-state index in [0.717, 1.165) is 25.1 Å². The number of benzene rings is 1. The Labute approximate surface area is 120 Å². The summed E-state index contributed by atoms with van der Waals surface area (Å²) in [6.07, 6.45) is 2.12. The van der Waals surface area contributed by atoms with E-state index in [-0.39, 0.29) is 5.91 Å². The molecule has 1 heterocycles. The average molecular weight is 276 g/mol. The molecule has 4 nitrogen and oxygen atoms in total. The Morgan fingerprint density at radius 1 is 1.45 bits per heavy atom. The smallest absolute Gasteiger partial charge is 0.253 e. The zero-order valence-electron chi connectivity index (χ0n) is 12.6. The molecule has 2 N–H and O–H groups in total. The molecule has 0 fully saturated rings. The van der Waals surface area contributed by atoms with E-state index in [1.807, 2.05) is 25.1 Å². The number of anilines is 1. The molecule has 0 bridgehead atoms. The summed E-state index contributed by atoms with van der Waals surface area (Å²) >= 11 is 0. The Morgan fingerprint density at radius 3 is 2.85 bits per heavy atom. The molecule has 0 spiro atoms. The molecule has 20 heavy (non-hydrogen) atoms. The zero-order valence-corrected chi connectivity index (χ0v) is 12.6. The first-order chi connectivity index (χ1) is 9.40. The Balaban J connectivity index is 2.19. The molecule has 2 rings (SSSR count). The molecule has 0 aliphatic carbocycles. The third-order valence-corrected chi connectivity index (χ3v) is 3.54. The lowest BCUT2D eigenvalue weighted by Crippen LogP contribution is -2.42. The van der Waals surface area contributed by atoms with Crippen molar-refractivity contribution in [2.75, 3.05) is 25.0 Å². The molecule has 0 atom stereocenters. The van der Waals surface area contributed by atoms with Crippen LogP contribution in [0.3, 0.4) is 0 Å². The number of likely N-dealkylation sites (N-methyl/N-ethyl adjacent to an activating group) is 1. The fourth-order valence-corrected chi connectivity index (χ4v) is 2.58. The van der Waals surface area contributed by atoms with Gasteiger partial charge < -0.3 is 15.3 Å². The van der Waals surface area contributed by atoms with Crippen LogP contribution in [0.25, 0.3) is 0 Å². The minimum atomic E-state index is -0.874. The number of hydrogen-bond donors (Lipinski definition) is 2. The number of rotatable bonds is 4. The highest BCUT2D eigenvalue weighted by molar-refractivity contribution is 5.95. The second kappa shape index (κ2) is 5.83. The predicted octanol–water partition coefficient (Wildman–Crippen LogP) is 2.28. The predicted molar refractivity (Wildman–Crippen MR) is 81.1 cm³/mol. The maximum Gasteiger partial charge on any atom is 0.253 e. The summed E-state index contributed by atoms with van der Waals surface area (Å²) in [5, 5.41) is 13.2. The largest absolute Gasteiger partial charge is 0.389 e. The van der Waals surface area contributed by atoms with E-state index in [9.17, 15) is 9.90 Å². The zero-order chi connectivity index (χ0) is 14.8. The fourth-order valence-electron chi connectivity index (χ4n) is 2.58. The first-order valence-electron chi connectivity index (χ1n) is 7.29. The molecule has 0 radical (unpaired) electrons. The first-order valence-corrected chi connectivity index (χ1v) is 7.29. The summed E-state index contributed by atoms with van der Waals surface area (Å²) in [5.41, 5.74) is 2.18. The molecule has 1 aliphatic rings. The van der Waals surface area contributed by atoms with Crippen LogP contribution in [-0.2, 0) is 6.42 Å². The van der Waals surface area contributed by atoms with Crippen molar-refractivity contribution >= 4 is 11.6 Å². The Morgan fingerprint density at radius 2 is 2.20 bits per heavy atom. The molecule has 0 saturated carbocycles. The van der Waals surface area contributed by atoms with Crippen molar-refractivity contribution in [3.8, 4) is 0 Å². The molecule has 4 heteroatoms. The van der Waals surface area contributed by atoms with Gasteiger partial charge in [0.25, 0.3) is 5.91 Å². The van der Waals surface area contributed by atoms with E-state index in [2.05, 4.69) is 5.32 Å². The van der Waals surface area contributed by atoms with E-state index < -0.39 is 5.60 Å². The lowest BCUT2D eigenvalue weighted by atomic mass is 10.00. The Bertz CT molecular complexity index is 492. The van der Waals surface area contributed by atoms with Crippen LogP contribution in [-0.4, -0.2) is 41.1 Å². The van der Waals surface area contributed by atoms with Crippen molar-refractivity contribution in [1.82, 2.24) is 4.90 Å². The third-order valence-electron chi connectivity index (χ3n) is 3.54. The van der Waals surface area contributed by atoms with Crippen molar-refractivity contribution in [1.29, 1.82) is 0 Å². The van der Waals surface area contributed by atoms with Crippen LogP contribution in [0.5, 0.6) is 0 Å². The van der Waals surface area contributed by atoms with Crippen molar-refractivity contribution in [2.45, 2.75) is 39.2 Å². The topological polar surface area (TPSA) is 52.6 Å². The second-order valence-corrected chi connectivity index (χ2v) is 6.03. The lowest BCUT2D eigenvalue weighted by Gasteiger charge is -2.28. The minimum Gasteiger partial charge on any atom is -0.389 e. The van der Waals surface area contributed by atoms with E-state index in [1.54, 1.807) is 18.7 Å². The number of aryl methyl sites for hydroxylation is 1. The molecule has 0 unspecified atom stereocenters. The van der Waals surface area contributed by atoms with Gasteiger partial charge in [0.1, 0.15) is 0 Å². The van der Waals surface area contributed by atoms with Gasteiger partial charge in [0.2, 0.25) is 0 Å².